The van der Waals surface area contributed by atoms with E-state index >= 15 is 0 Å². The van der Waals surface area contributed by atoms with Gasteiger partial charge in [-0.15, -0.1) is 4.91 Å². The largest absolute Gasteiger partial charge is 0.364 e. The van der Waals surface area contributed by atoms with E-state index < -0.39 is 5.91 Å². The maximum Gasteiger partial charge on any atom is 0.273 e. The normalized spacial score (nSPS) is 18.1. The molecule has 3 N–H and O–H groups in total. The van der Waals surface area contributed by atoms with Gasteiger partial charge in [0.25, 0.3) is 5.91 Å². The first-order chi connectivity index (χ1) is 5.65. The number of carbonyl (C=O) groups excluding carboxylic acids is 1. The van der Waals surface area contributed by atoms with Crippen molar-refractivity contribution >= 4 is 17.7 Å². The average molecular weight is 293 g/mol. The molecular weight excluding hydrogens is 286 g/mol. The number of carbonyl (C=O) groups is 1. The standard InChI is InChI=1S/C6H7N3O2S.Ag/c1-3-2-12-6(8-3)4(9-11)5(7)10;/h2,8H,1H3,(H2,7,10);. The van der Waals surface area contributed by atoms with Crippen molar-refractivity contribution in [3.05, 3.63) is 26.7 Å². The summed E-state index contributed by atoms with van der Waals surface area (Å²) < 4.78 is 0. The van der Waals surface area contributed by atoms with Crippen molar-refractivity contribution in [2.24, 2.45) is 10.9 Å². The van der Waals surface area contributed by atoms with Crippen LogP contribution in [0.3, 0.4) is 0 Å². The van der Waals surface area contributed by atoms with Gasteiger partial charge in [-0.25, -0.2) is 0 Å². The summed E-state index contributed by atoms with van der Waals surface area (Å²) in [6, 6.07) is 0. The molecule has 0 saturated heterocycles. The molecule has 0 bridgehead atoms. The predicted molar refractivity (Wildman–Crippen MR) is 46.5 cm³/mol. The Morgan fingerprint density at radius 1 is 1.69 bits per heavy atom. The van der Waals surface area contributed by atoms with Crippen LogP contribution in [0, 0.1) is 4.91 Å². The molecular formula is C6H7AgN3O2S. The molecule has 0 unspecified atom stereocenters. The molecule has 13 heavy (non-hydrogen) atoms. The number of hydrogen-bond donors (Lipinski definition) is 2. The van der Waals surface area contributed by atoms with Crippen LogP contribution in [-0.4, -0.2) is 5.91 Å². The molecule has 0 aromatic heterocycles. The maximum atomic E-state index is 10.6. The van der Waals surface area contributed by atoms with E-state index in [1.807, 2.05) is 6.92 Å². The van der Waals surface area contributed by atoms with Crippen LogP contribution in [0.15, 0.2) is 27.0 Å². The van der Waals surface area contributed by atoms with Crippen molar-refractivity contribution in [3.8, 4) is 0 Å². The van der Waals surface area contributed by atoms with E-state index in [4.69, 9.17) is 5.73 Å². The van der Waals surface area contributed by atoms with Gasteiger partial charge in [0.05, 0.1) is 0 Å². The van der Waals surface area contributed by atoms with Gasteiger partial charge < -0.3 is 11.1 Å². The summed E-state index contributed by atoms with van der Waals surface area (Å²) in [5.74, 6) is -0.817. The van der Waals surface area contributed by atoms with Gasteiger partial charge in [-0.1, -0.05) is 11.8 Å². The van der Waals surface area contributed by atoms with E-state index in [1.165, 1.54) is 11.8 Å². The molecule has 7 heteroatoms. The molecule has 1 rings (SSSR count). The molecule has 0 spiro atoms. The predicted octanol–water partition coefficient (Wildman–Crippen LogP) is 0.602. The van der Waals surface area contributed by atoms with Crippen LogP contribution >= 0.6 is 11.8 Å². The molecule has 1 aliphatic heterocycles. The molecule has 1 heterocycles. The number of nitroso groups, excluding NO2 is 1. The van der Waals surface area contributed by atoms with Crippen molar-refractivity contribution in [2.45, 2.75) is 6.92 Å². The minimum atomic E-state index is -0.817. The van der Waals surface area contributed by atoms with Gasteiger partial charge in [-0.3, -0.25) is 4.79 Å². The van der Waals surface area contributed by atoms with Crippen molar-refractivity contribution < 1.29 is 27.2 Å². The summed E-state index contributed by atoms with van der Waals surface area (Å²) in [4.78, 5) is 20.8. The molecule has 1 radical (unpaired) electrons. The molecule has 1 aliphatic rings. The molecule has 0 fully saturated rings. The van der Waals surface area contributed by atoms with Gasteiger partial charge in [0, 0.05) is 28.1 Å². The Morgan fingerprint density at radius 3 is 2.62 bits per heavy atom. The molecule has 0 aliphatic carbocycles. The Bertz CT molecular complexity index is 300. The van der Waals surface area contributed by atoms with E-state index in [2.05, 4.69) is 10.5 Å². The number of allylic oxidation sites excluding steroid dienone is 1. The monoisotopic (exact) mass is 292 g/mol. The van der Waals surface area contributed by atoms with E-state index in [1.54, 1.807) is 5.41 Å². The van der Waals surface area contributed by atoms with E-state index in [0.29, 0.717) is 5.03 Å². The Kier molecular flexibility index (Phi) is 5.01. The van der Waals surface area contributed by atoms with Gasteiger partial charge in [0.1, 0.15) is 5.03 Å². The summed E-state index contributed by atoms with van der Waals surface area (Å²) in [6.07, 6.45) is 0. The van der Waals surface area contributed by atoms with Gasteiger partial charge in [0.15, 0.2) is 0 Å². The summed E-state index contributed by atoms with van der Waals surface area (Å²) in [7, 11) is 0. The topological polar surface area (TPSA) is 84.6 Å². The Morgan fingerprint density at radius 2 is 2.31 bits per heavy atom. The van der Waals surface area contributed by atoms with Gasteiger partial charge in [0.2, 0.25) is 5.70 Å². The van der Waals surface area contributed by atoms with Gasteiger partial charge in [-0.05, 0) is 17.5 Å². The number of primary amides is 1. The van der Waals surface area contributed by atoms with Crippen molar-refractivity contribution in [1.82, 2.24) is 5.32 Å². The number of nitrogens with two attached hydrogens (primary N) is 1. The zero-order chi connectivity index (χ0) is 9.14. The number of rotatable bonds is 2. The first-order valence-electron chi connectivity index (χ1n) is 3.13. The molecule has 0 aromatic carbocycles. The van der Waals surface area contributed by atoms with Crippen LogP contribution in [0.1, 0.15) is 6.92 Å². The number of amides is 1. The molecule has 1 amide bonds. The number of thioether (sulfide) groups is 1. The third kappa shape index (κ3) is 3.00. The zero-order valence-corrected chi connectivity index (χ0v) is 8.93. The molecule has 75 valence electrons. The van der Waals surface area contributed by atoms with Gasteiger partial charge >= 0.3 is 0 Å². The van der Waals surface area contributed by atoms with Crippen molar-refractivity contribution in [1.29, 1.82) is 0 Å². The Labute approximate surface area is 94.7 Å². The van der Waals surface area contributed by atoms with Crippen molar-refractivity contribution in [3.63, 3.8) is 0 Å². The third-order valence-electron chi connectivity index (χ3n) is 1.20. The summed E-state index contributed by atoms with van der Waals surface area (Å²) in [6.45, 7) is 1.81. The fourth-order valence-electron chi connectivity index (χ4n) is 0.699. The fraction of sp³-hybridized carbons (Fsp3) is 0.167. The SMILES string of the molecule is CC1=CSC(=C(N=O)C(N)=O)N1.[Ag]. The summed E-state index contributed by atoms with van der Waals surface area (Å²) >= 11 is 1.22. The van der Waals surface area contributed by atoms with Crippen LogP contribution in [0.4, 0.5) is 0 Å². The third-order valence-corrected chi connectivity index (χ3v) is 2.21. The number of nitrogens with zero attached hydrogens (tertiary/aromatic N) is 1. The van der Waals surface area contributed by atoms with E-state index in [9.17, 15) is 9.70 Å². The summed E-state index contributed by atoms with van der Waals surface area (Å²) in [5.41, 5.74) is 5.51. The number of hydrogen-bond acceptors (Lipinski definition) is 5. The second-order valence-electron chi connectivity index (χ2n) is 2.18. The minimum Gasteiger partial charge on any atom is -0.364 e. The quantitative estimate of drug-likeness (QED) is 0.443. The molecule has 0 saturated carbocycles. The second-order valence-corrected chi connectivity index (χ2v) is 3.06. The van der Waals surface area contributed by atoms with Crippen LogP contribution in [0.2, 0.25) is 0 Å². The molecule has 5 nitrogen and oxygen atoms in total. The first-order valence-corrected chi connectivity index (χ1v) is 4.01. The Hall–Kier alpha value is -0.560. The maximum absolute atomic E-state index is 10.6. The van der Waals surface area contributed by atoms with E-state index in [0.717, 1.165) is 5.70 Å². The Balaban J connectivity index is 0.00000144. The van der Waals surface area contributed by atoms with Crippen LogP contribution < -0.4 is 11.1 Å². The van der Waals surface area contributed by atoms with Crippen LogP contribution in [-0.2, 0) is 27.2 Å². The van der Waals surface area contributed by atoms with Crippen LogP contribution in [0.5, 0.6) is 0 Å². The first kappa shape index (κ1) is 12.4. The molecule has 0 atom stereocenters. The van der Waals surface area contributed by atoms with Crippen LogP contribution in [0.25, 0.3) is 0 Å². The smallest absolute Gasteiger partial charge is 0.273 e. The fourth-order valence-corrected chi connectivity index (χ4v) is 1.52. The molecule has 0 aromatic rings. The average Bonchev–Trinajstić information content (AvgIpc) is 2.37. The van der Waals surface area contributed by atoms with Gasteiger partial charge in [-0.2, -0.15) is 0 Å². The number of nitrogens with one attached hydrogen (secondary N) is 1. The minimum absolute atomic E-state index is 0. The zero-order valence-electron chi connectivity index (χ0n) is 6.63. The summed E-state index contributed by atoms with van der Waals surface area (Å²) in [5, 5.41) is 7.50. The second kappa shape index (κ2) is 5.23. The van der Waals surface area contributed by atoms with E-state index in [-0.39, 0.29) is 28.1 Å². The van der Waals surface area contributed by atoms with Crippen molar-refractivity contribution in [2.75, 3.05) is 0 Å².